The van der Waals surface area contributed by atoms with Crippen molar-refractivity contribution in [2.75, 3.05) is 5.32 Å². The molecule has 1 N–H and O–H groups in total. The number of hydrogen-bond acceptors (Lipinski definition) is 5. The Hall–Kier alpha value is -2.21. The minimum atomic E-state index is -0.108. The molecule has 0 bridgehead atoms. The number of nitrogens with one attached hydrogen (secondary N) is 1. The van der Waals surface area contributed by atoms with Gasteiger partial charge in [-0.15, -0.1) is 5.10 Å². The van der Waals surface area contributed by atoms with Gasteiger partial charge in [0, 0.05) is 11.8 Å². The molecule has 0 aliphatic heterocycles. The Bertz CT molecular complexity index is 912. The molecule has 0 spiro atoms. The quantitative estimate of drug-likeness (QED) is 0.751. The lowest BCUT2D eigenvalue weighted by molar-refractivity contribution is 0.469. The smallest absolute Gasteiger partial charge is 0.275 e. The summed E-state index contributed by atoms with van der Waals surface area (Å²) in [6.07, 6.45) is 5.79. The summed E-state index contributed by atoms with van der Waals surface area (Å²) in [7, 11) is 0. The highest BCUT2D eigenvalue weighted by Crippen LogP contribution is 2.38. The van der Waals surface area contributed by atoms with Gasteiger partial charge in [-0.2, -0.15) is 4.52 Å². The van der Waals surface area contributed by atoms with Crippen molar-refractivity contribution in [2.24, 2.45) is 5.92 Å². The highest BCUT2D eigenvalue weighted by Gasteiger charge is 2.27. The lowest BCUT2D eigenvalue weighted by Crippen LogP contribution is -2.20. The molecule has 2 aromatic heterocycles. The van der Waals surface area contributed by atoms with Crippen molar-refractivity contribution in [3.63, 3.8) is 0 Å². The zero-order chi connectivity index (χ0) is 17.2. The van der Waals surface area contributed by atoms with Crippen molar-refractivity contribution in [3.05, 3.63) is 58.0 Å². The Labute approximate surface area is 150 Å². The van der Waals surface area contributed by atoms with Crippen molar-refractivity contribution in [3.8, 4) is 0 Å². The summed E-state index contributed by atoms with van der Waals surface area (Å²) in [5.41, 5.74) is 1.99. The van der Waals surface area contributed by atoms with E-state index in [1.807, 2.05) is 13.0 Å². The molecule has 1 aromatic carbocycles. The van der Waals surface area contributed by atoms with Crippen LogP contribution in [0.4, 0.5) is 5.13 Å². The first-order valence-corrected chi connectivity index (χ1v) is 9.77. The van der Waals surface area contributed by atoms with E-state index in [0.717, 1.165) is 17.2 Å². The maximum atomic E-state index is 12.2. The molecular formula is C19H22N4OS. The van der Waals surface area contributed by atoms with E-state index in [2.05, 4.69) is 39.7 Å². The third-order valence-corrected chi connectivity index (χ3v) is 5.81. The number of aromatic nitrogens is 3. The molecule has 1 unspecified atom stereocenters. The monoisotopic (exact) mass is 354 g/mol. The van der Waals surface area contributed by atoms with Crippen LogP contribution in [0.15, 0.2) is 41.2 Å². The van der Waals surface area contributed by atoms with E-state index in [4.69, 9.17) is 0 Å². The number of aryl methyl sites for hydroxylation is 1. The number of anilines is 1. The molecule has 1 atom stereocenters. The number of hydrogen-bond donors (Lipinski definition) is 1. The topological polar surface area (TPSA) is 59.3 Å². The predicted molar refractivity (Wildman–Crippen MR) is 101 cm³/mol. The highest BCUT2D eigenvalue weighted by atomic mass is 32.1. The van der Waals surface area contributed by atoms with E-state index in [1.54, 1.807) is 6.07 Å². The molecule has 3 aromatic rings. The number of rotatable bonds is 5. The van der Waals surface area contributed by atoms with Crippen molar-refractivity contribution in [1.82, 2.24) is 14.6 Å². The van der Waals surface area contributed by atoms with Crippen molar-refractivity contribution in [1.29, 1.82) is 0 Å². The van der Waals surface area contributed by atoms with E-state index in [0.29, 0.717) is 10.9 Å². The standard InChI is InChI=1S/C19H22N4OS/c1-2-15-12-16(24)23-19(20-15)25-18(22-23)21-17(14-10-6-7-11-14)13-8-4-3-5-9-13/h3-5,8-9,12,14,17H,2,6-7,10-11H2,1H3,(H,21,22). The molecule has 2 heterocycles. The molecule has 6 heteroatoms. The van der Waals surface area contributed by atoms with Crippen LogP contribution >= 0.6 is 11.3 Å². The van der Waals surface area contributed by atoms with Crippen molar-refractivity contribution in [2.45, 2.75) is 45.1 Å². The van der Waals surface area contributed by atoms with Gasteiger partial charge in [0.2, 0.25) is 10.1 Å². The van der Waals surface area contributed by atoms with E-state index in [9.17, 15) is 4.79 Å². The van der Waals surface area contributed by atoms with Crippen LogP contribution in [-0.2, 0) is 6.42 Å². The molecule has 5 nitrogen and oxygen atoms in total. The molecule has 1 aliphatic rings. The van der Waals surface area contributed by atoms with Gasteiger partial charge in [0.15, 0.2) is 0 Å². The first-order valence-electron chi connectivity index (χ1n) is 8.96. The number of nitrogens with zero attached hydrogens (tertiary/aromatic N) is 3. The van der Waals surface area contributed by atoms with E-state index in [-0.39, 0.29) is 11.6 Å². The van der Waals surface area contributed by atoms with Gasteiger partial charge in [0.25, 0.3) is 5.56 Å². The fourth-order valence-electron chi connectivity index (χ4n) is 3.65. The SMILES string of the molecule is CCc1cc(=O)n2nc(NC(c3ccccc3)C3CCCC3)sc2n1. The van der Waals surface area contributed by atoms with Gasteiger partial charge in [0.05, 0.1) is 6.04 Å². The summed E-state index contributed by atoms with van der Waals surface area (Å²) < 4.78 is 1.41. The molecule has 1 aliphatic carbocycles. The van der Waals surface area contributed by atoms with E-state index >= 15 is 0 Å². The minimum Gasteiger partial charge on any atom is -0.353 e. The second-order valence-electron chi connectivity index (χ2n) is 6.62. The lowest BCUT2D eigenvalue weighted by atomic mass is 9.92. The Morgan fingerprint density at radius 3 is 2.76 bits per heavy atom. The van der Waals surface area contributed by atoms with Crippen LogP contribution in [-0.4, -0.2) is 14.6 Å². The third-order valence-electron chi connectivity index (χ3n) is 4.97. The third kappa shape index (κ3) is 3.31. The zero-order valence-corrected chi connectivity index (χ0v) is 15.1. The second kappa shape index (κ2) is 6.96. The fraction of sp³-hybridized carbons (Fsp3) is 0.421. The van der Waals surface area contributed by atoms with E-state index in [1.165, 1.54) is 47.1 Å². The Kier molecular flexibility index (Phi) is 4.53. The summed E-state index contributed by atoms with van der Waals surface area (Å²) in [6.45, 7) is 2.00. The van der Waals surface area contributed by atoms with Crippen molar-refractivity contribution < 1.29 is 0 Å². The second-order valence-corrected chi connectivity index (χ2v) is 7.57. The summed E-state index contributed by atoms with van der Waals surface area (Å²) in [5, 5.41) is 8.84. The average molecular weight is 354 g/mol. The predicted octanol–water partition coefficient (Wildman–Crippen LogP) is 4.06. The maximum Gasteiger partial charge on any atom is 0.275 e. The molecule has 4 rings (SSSR count). The van der Waals surface area contributed by atoms with Gasteiger partial charge in [-0.3, -0.25) is 4.79 Å². The molecule has 0 radical (unpaired) electrons. The van der Waals surface area contributed by atoms with Gasteiger partial charge < -0.3 is 5.32 Å². The molecule has 1 saturated carbocycles. The van der Waals surface area contributed by atoms with Crippen LogP contribution in [0.1, 0.15) is 49.9 Å². The van der Waals surface area contributed by atoms with Crippen LogP contribution in [0.2, 0.25) is 0 Å². The molecule has 0 saturated heterocycles. The Morgan fingerprint density at radius 1 is 1.28 bits per heavy atom. The lowest BCUT2D eigenvalue weighted by Gasteiger charge is -2.24. The van der Waals surface area contributed by atoms with Crippen LogP contribution in [0.3, 0.4) is 0 Å². The zero-order valence-electron chi connectivity index (χ0n) is 14.3. The fourth-order valence-corrected chi connectivity index (χ4v) is 4.51. The summed E-state index contributed by atoms with van der Waals surface area (Å²) >= 11 is 1.45. The van der Waals surface area contributed by atoms with Gasteiger partial charge in [-0.25, -0.2) is 4.98 Å². The number of benzene rings is 1. The van der Waals surface area contributed by atoms with Gasteiger partial charge in [-0.1, -0.05) is 61.4 Å². The van der Waals surface area contributed by atoms with Gasteiger partial charge in [-0.05, 0) is 30.7 Å². The summed E-state index contributed by atoms with van der Waals surface area (Å²) in [4.78, 5) is 17.4. The Balaban J connectivity index is 1.69. The van der Waals surface area contributed by atoms with Crippen LogP contribution < -0.4 is 10.9 Å². The van der Waals surface area contributed by atoms with Crippen LogP contribution in [0.25, 0.3) is 4.96 Å². The molecular weight excluding hydrogens is 332 g/mol. The molecule has 130 valence electrons. The summed E-state index contributed by atoms with van der Waals surface area (Å²) in [5.74, 6) is 0.602. The maximum absolute atomic E-state index is 12.2. The average Bonchev–Trinajstić information content (AvgIpc) is 3.30. The summed E-state index contributed by atoms with van der Waals surface area (Å²) in [6, 6.07) is 12.3. The minimum absolute atomic E-state index is 0.108. The molecule has 0 amide bonds. The van der Waals surface area contributed by atoms with Crippen molar-refractivity contribution >= 4 is 21.4 Å². The molecule has 1 fully saturated rings. The first kappa shape index (κ1) is 16.3. The van der Waals surface area contributed by atoms with E-state index < -0.39 is 0 Å². The largest absolute Gasteiger partial charge is 0.353 e. The normalized spacial score (nSPS) is 16.4. The van der Waals surface area contributed by atoms with Gasteiger partial charge in [0.1, 0.15) is 0 Å². The highest BCUT2D eigenvalue weighted by molar-refractivity contribution is 7.20. The molecule has 25 heavy (non-hydrogen) atoms. The Morgan fingerprint density at radius 2 is 2.04 bits per heavy atom. The first-order chi connectivity index (χ1) is 12.2. The van der Waals surface area contributed by atoms with Crippen LogP contribution in [0, 0.1) is 5.92 Å². The van der Waals surface area contributed by atoms with Crippen LogP contribution in [0.5, 0.6) is 0 Å². The number of fused-ring (bicyclic) bond motifs is 1. The van der Waals surface area contributed by atoms with Gasteiger partial charge >= 0.3 is 0 Å².